The van der Waals surface area contributed by atoms with Gasteiger partial charge < -0.3 is 10.1 Å². The molecule has 1 amide bonds. The second-order valence-electron chi connectivity index (χ2n) is 6.01. The molecule has 0 unspecified atom stereocenters. The Hall–Kier alpha value is -2.44. The minimum absolute atomic E-state index is 0.0738. The molecule has 1 aliphatic rings. The van der Waals surface area contributed by atoms with Gasteiger partial charge in [-0.3, -0.25) is 4.79 Å². The lowest BCUT2D eigenvalue weighted by Gasteiger charge is -2.28. The predicted octanol–water partition coefficient (Wildman–Crippen LogP) is 3.66. The fourth-order valence-corrected chi connectivity index (χ4v) is 2.86. The van der Waals surface area contributed by atoms with E-state index in [0.29, 0.717) is 36.5 Å². The maximum atomic E-state index is 13.2. The number of nitrogens with one attached hydrogen (secondary N) is 1. The van der Waals surface area contributed by atoms with Crippen LogP contribution in [0.3, 0.4) is 0 Å². The molecule has 128 valence electrons. The third-order valence-corrected chi connectivity index (χ3v) is 4.26. The Balaban J connectivity index is 1.70. The fraction of sp³-hybridized carbons (Fsp3) is 0.412. The third kappa shape index (κ3) is 3.55. The highest BCUT2D eigenvalue weighted by Crippen LogP contribution is 2.36. The van der Waals surface area contributed by atoms with Crippen LogP contribution in [0, 0.1) is 5.92 Å². The molecule has 24 heavy (non-hydrogen) atoms. The van der Waals surface area contributed by atoms with Crippen molar-refractivity contribution in [3.63, 3.8) is 0 Å². The van der Waals surface area contributed by atoms with Gasteiger partial charge in [0, 0.05) is 12.8 Å². The zero-order valence-corrected chi connectivity index (χ0v) is 13.2. The predicted molar refractivity (Wildman–Crippen MR) is 86.4 cm³/mol. The first-order valence-corrected chi connectivity index (χ1v) is 7.89. The zero-order chi connectivity index (χ0) is 17.2. The molecule has 2 aromatic heterocycles. The molecule has 2 aromatic rings. The summed E-state index contributed by atoms with van der Waals surface area (Å²) in [6.07, 6.45) is 3.57. The van der Waals surface area contributed by atoms with E-state index in [9.17, 15) is 13.6 Å². The van der Waals surface area contributed by atoms with Crippen molar-refractivity contribution in [2.24, 2.45) is 5.92 Å². The molecule has 0 atom stereocenters. The van der Waals surface area contributed by atoms with E-state index in [0.717, 1.165) is 0 Å². The van der Waals surface area contributed by atoms with Crippen LogP contribution in [0.2, 0.25) is 0 Å². The van der Waals surface area contributed by atoms with Crippen LogP contribution in [-0.4, -0.2) is 28.1 Å². The van der Waals surface area contributed by atoms with E-state index in [-0.39, 0.29) is 24.7 Å². The summed E-state index contributed by atoms with van der Waals surface area (Å²) in [7, 11) is 0. The number of pyridine rings is 1. The number of rotatable bonds is 5. The second-order valence-corrected chi connectivity index (χ2v) is 6.01. The average molecular weight is 335 g/mol. The normalized spacial score (nSPS) is 17.6. The first-order chi connectivity index (χ1) is 11.5. The Morgan fingerprint density at radius 2 is 2.17 bits per heavy atom. The average Bonchev–Trinajstić information content (AvgIpc) is 3.05. The molecular formula is C17H19F2N3O2. The van der Waals surface area contributed by atoms with Crippen molar-refractivity contribution < 1.29 is 18.3 Å². The number of fused-ring (bicyclic) bond motifs is 1. The zero-order valence-electron chi connectivity index (χ0n) is 13.2. The van der Waals surface area contributed by atoms with E-state index in [4.69, 9.17) is 4.74 Å². The van der Waals surface area contributed by atoms with E-state index >= 15 is 0 Å². The first kappa shape index (κ1) is 16.4. The quantitative estimate of drug-likeness (QED) is 0.849. The van der Waals surface area contributed by atoms with Gasteiger partial charge in [0.15, 0.2) is 0 Å². The van der Waals surface area contributed by atoms with Crippen molar-refractivity contribution in [1.82, 2.24) is 9.61 Å². The molecule has 3 rings (SSSR count). The molecule has 5 nitrogen and oxygen atoms in total. The second kappa shape index (κ2) is 6.59. The van der Waals surface area contributed by atoms with E-state index in [1.54, 1.807) is 28.9 Å². The third-order valence-electron chi connectivity index (χ3n) is 4.26. The van der Waals surface area contributed by atoms with Crippen LogP contribution < -0.4 is 10.1 Å². The number of hydrogen-bond acceptors (Lipinski definition) is 3. The summed E-state index contributed by atoms with van der Waals surface area (Å²) >= 11 is 0. The largest absolute Gasteiger partial charge is 0.491 e. The summed E-state index contributed by atoms with van der Waals surface area (Å²) in [5, 5.41) is 6.84. The molecule has 1 saturated carbocycles. The fourth-order valence-electron chi connectivity index (χ4n) is 2.86. The van der Waals surface area contributed by atoms with Crippen LogP contribution in [0.5, 0.6) is 5.75 Å². The number of hydrogen-bond donors (Lipinski definition) is 1. The van der Waals surface area contributed by atoms with E-state index in [2.05, 4.69) is 17.0 Å². The Morgan fingerprint density at radius 1 is 1.42 bits per heavy atom. The van der Waals surface area contributed by atoms with E-state index < -0.39 is 5.92 Å². The highest BCUT2D eigenvalue weighted by atomic mass is 19.3. The number of aromatic nitrogens is 2. The van der Waals surface area contributed by atoms with Crippen molar-refractivity contribution in [3.8, 4) is 5.75 Å². The molecule has 0 radical (unpaired) electrons. The number of amides is 1. The van der Waals surface area contributed by atoms with E-state index in [1.165, 1.54) is 6.08 Å². The maximum absolute atomic E-state index is 13.2. The van der Waals surface area contributed by atoms with Gasteiger partial charge in [-0.15, -0.1) is 0 Å². The van der Waals surface area contributed by atoms with Gasteiger partial charge in [-0.2, -0.15) is 5.10 Å². The Kier molecular flexibility index (Phi) is 4.51. The number of anilines is 1. The summed E-state index contributed by atoms with van der Waals surface area (Å²) in [6, 6.07) is 5.20. The Morgan fingerprint density at radius 3 is 2.88 bits per heavy atom. The van der Waals surface area contributed by atoms with Crippen molar-refractivity contribution >= 4 is 17.2 Å². The lowest BCUT2D eigenvalue weighted by molar-refractivity contribution is -0.111. The summed E-state index contributed by atoms with van der Waals surface area (Å²) in [5.41, 5.74) is 0.706. The topological polar surface area (TPSA) is 55.6 Å². The standard InChI is InChI=1S/C17H19F2N3O2/c1-2-16(23)21-15-4-3-14(13-7-10-20-22(13)15)24-11-12-5-8-17(18,19)9-6-12/h2-4,7,10,12H,1,5-6,8-9,11H2,(H,21,23). The highest BCUT2D eigenvalue weighted by Gasteiger charge is 2.35. The van der Waals surface area contributed by atoms with Crippen LogP contribution in [0.15, 0.2) is 37.1 Å². The summed E-state index contributed by atoms with van der Waals surface area (Å²) < 4.78 is 33.8. The maximum Gasteiger partial charge on any atom is 0.248 e. The monoisotopic (exact) mass is 335 g/mol. The Bertz CT molecular complexity index is 747. The minimum Gasteiger partial charge on any atom is -0.491 e. The van der Waals surface area contributed by atoms with Crippen LogP contribution in [0.25, 0.3) is 5.52 Å². The van der Waals surface area contributed by atoms with Gasteiger partial charge in [0.05, 0.1) is 12.8 Å². The van der Waals surface area contributed by atoms with Crippen molar-refractivity contribution in [2.45, 2.75) is 31.6 Å². The minimum atomic E-state index is -2.53. The molecule has 1 N–H and O–H groups in total. The number of carbonyl (C=O) groups is 1. The number of ether oxygens (including phenoxy) is 1. The lowest BCUT2D eigenvalue weighted by atomic mass is 9.87. The molecule has 7 heteroatoms. The smallest absolute Gasteiger partial charge is 0.248 e. The molecule has 0 bridgehead atoms. The van der Waals surface area contributed by atoms with Crippen molar-refractivity contribution in [2.75, 3.05) is 11.9 Å². The van der Waals surface area contributed by atoms with Crippen LogP contribution in [-0.2, 0) is 4.79 Å². The van der Waals surface area contributed by atoms with Gasteiger partial charge in [0.2, 0.25) is 11.8 Å². The summed E-state index contributed by atoms with van der Waals surface area (Å²) in [4.78, 5) is 11.5. The number of nitrogens with zero attached hydrogens (tertiary/aromatic N) is 2. The van der Waals surface area contributed by atoms with Gasteiger partial charge in [-0.05, 0) is 43.0 Å². The van der Waals surface area contributed by atoms with Crippen LogP contribution in [0.4, 0.5) is 14.6 Å². The van der Waals surface area contributed by atoms with E-state index in [1.807, 2.05) is 0 Å². The molecular weight excluding hydrogens is 316 g/mol. The molecule has 1 aliphatic carbocycles. The van der Waals surface area contributed by atoms with Gasteiger partial charge in [-0.25, -0.2) is 13.3 Å². The Labute approximate surface area is 138 Å². The molecule has 0 aromatic carbocycles. The summed E-state index contributed by atoms with van der Waals surface area (Å²) in [5.74, 6) is -1.61. The number of halogens is 2. The number of carbonyl (C=O) groups excluding carboxylic acids is 1. The van der Waals surface area contributed by atoms with Crippen molar-refractivity contribution in [1.29, 1.82) is 0 Å². The molecule has 0 aliphatic heterocycles. The molecule has 0 spiro atoms. The van der Waals surface area contributed by atoms with Gasteiger partial charge >= 0.3 is 0 Å². The van der Waals surface area contributed by atoms with Gasteiger partial charge in [-0.1, -0.05) is 6.58 Å². The molecule has 1 fully saturated rings. The van der Waals surface area contributed by atoms with Gasteiger partial charge in [0.25, 0.3) is 0 Å². The van der Waals surface area contributed by atoms with Gasteiger partial charge in [0.1, 0.15) is 17.1 Å². The van der Waals surface area contributed by atoms with Crippen LogP contribution in [0.1, 0.15) is 25.7 Å². The lowest BCUT2D eigenvalue weighted by Crippen LogP contribution is -2.27. The SMILES string of the molecule is C=CC(=O)Nc1ccc(OCC2CCC(F)(F)CC2)c2ccnn12. The highest BCUT2D eigenvalue weighted by molar-refractivity contribution is 5.98. The number of alkyl halides is 2. The molecule has 0 saturated heterocycles. The van der Waals surface area contributed by atoms with Crippen LogP contribution >= 0.6 is 0 Å². The first-order valence-electron chi connectivity index (χ1n) is 7.89. The molecule has 2 heterocycles. The van der Waals surface area contributed by atoms with Crippen molar-refractivity contribution in [3.05, 3.63) is 37.1 Å². The summed E-state index contributed by atoms with van der Waals surface area (Å²) in [6.45, 7) is 3.81.